The lowest BCUT2D eigenvalue weighted by Crippen LogP contribution is -2.46. The third-order valence-corrected chi connectivity index (χ3v) is 4.12. The number of aliphatic hydroxyl groups is 1. The van der Waals surface area contributed by atoms with Crippen LogP contribution in [0.5, 0.6) is 0 Å². The summed E-state index contributed by atoms with van der Waals surface area (Å²) in [6, 6.07) is 0.472. The lowest BCUT2D eigenvalue weighted by Gasteiger charge is -2.28. The number of hydrogen-bond donors (Lipinski definition) is 2. The molecule has 18 heavy (non-hydrogen) atoms. The number of carbonyl (C=O) groups is 1. The molecule has 0 aromatic heterocycles. The number of carbonyl (C=O) groups excluding carboxylic acids is 1. The Morgan fingerprint density at radius 1 is 1.50 bits per heavy atom. The minimum absolute atomic E-state index is 0.0373. The molecule has 2 aliphatic heterocycles. The van der Waals surface area contributed by atoms with E-state index in [-0.39, 0.29) is 24.5 Å². The van der Waals surface area contributed by atoms with Gasteiger partial charge in [0.15, 0.2) is 0 Å². The number of nitrogens with one attached hydrogen (secondary N) is 1. The van der Waals surface area contributed by atoms with Crippen molar-refractivity contribution in [1.29, 1.82) is 0 Å². The molecule has 2 rings (SSSR count). The second-order valence-corrected chi connectivity index (χ2v) is 5.23. The molecule has 0 saturated carbocycles. The van der Waals surface area contributed by atoms with Crippen molar-refractivity contribution in [3.63, 3.8) is 0 Å². The summed E-state index contributed by atoms with van der Waals surface area (Å²) in [7, 11) is 1.88. The van der Waals surface area contributed by atoms with Gasteiger partial charge in [-0.15, -0.1) is 0 Å². The Hall–Kier alpha value is -0.650. The van der Waals surface area contributed by atoms with Crippen molar-refractivity contribution in [3.05, 3.63) is 0 Å². The second kappa shape index (κ2) is 6.50. The molecule has 3 unspecified atom stereocenters. The Kier molecular flexibility index (Phi) is 4.97. The first-order valence-corrected chi connectivity index (χ1v) is 6.94. The van der Waals surface area contributed by atoms with E-state index in [4.69, 9.17) is 9.84 Å². The fourth-order valence-electron chi connectivity index (χ4n) is 3.05. The highest BCUT2D eigenvalue weighted by atomic mass is 16.5. The molecular weight excluding hydrogens is 232 g/mol. The topological polar surface area (TPSA) is 61.8 Å². The molecule has 2 N–H and O–H groups in total. The molecule has 104 valence electrons. The van der Waals surface area contributed by atoms with Crippen molar-refractivity contribution >= 4 is 5.91 Å². The number of rotatable bonds is 5. The molecule has 1 amide bonds. The fraction of sp³-hybridized carbons (Fsp3) is 0.923. The molecule has 2 aliphatic rings. The van der Waals surface area contributed by atoms with Crippen molar-refractivity contribution in [3.8, 4) is 0 Å². The highest BCUT2D eigenvalue weighted by Gasteiger charge is 2.39. The Balaban J connectivity index is 1.94. The third-order valence-electron chi connectivity index (χ3n) is 4.12. The highest BCUT2D eigenvalue weighted by molar-refractivity contribution is 5.80. The number of likely N-dealkylation sites (tertiary alicyclic amines) is 1. The number of likely N-dealkylation sites (N-methyl/N-ethyl adjacent to an activating group) is 1. The van der Waals surface area contributed by atoms with E-state index in [0.717, 1.165) is 32.2 Å². The first-order valence-electron chi connectivity index (χ1n) is 6.94. The molecular formula is C13H24N2O3. The molecule has 0 aromatic rings. The van der Waals surface area contributed by atoms with E-state index in [1.54, 1.807) is 0 Å². The number of hydrogen-bond acceptors (Lipinski definition) is 4. The lowest BCUT2D eigenvalue weighted by atomic mass is 10.0. The summed E-state index contributed by atoms with van der Waals surface area (Å²) in [4.78, 5) is 14.5. The molecule has 2 saturated heterocycles. The van der Waals surface area contributed by atoms with Crippen molar-refractivity contribution in [2.45, 2.75) is 37.8 Å². The van der Waals surface area contributed by atoms with E-state index in [1.807, 2.05) is 11.9 Å². The van der Waals surface area contributed by atoms with Gasteiger partial charge in [0.25, 0.3) is 0 Å². The standard InChI is InChI=1S/C13H24N2O3/c1-14-12-9-18-8-11(12)13(17)15-6-2-4-10(15)5-3-7-16/h10-12,14,16H,2-9H2,1H3. The van der Waals surface area contributed by atoms with E-state index >= 15 is 0 Å². The van der Waals surface area contributed by atoms with Crippen LogP contribution in [0.3, 0.4) is 0 Å². The zero-order valence-corrected chi connectivity index (χ0v) is 11.1. The number of amides is 1. The van der Waals surface area contributed by atoms with Gasteiger partial charge in [0.2, 0.25) is 5.91 Å². The van der Waals surface area contributed by atoms with Crippen LogP contribution in [0.15, 0.2) is 0 Å². The van der Waals surface area contributed by atoms with Gasteiger partial charge in [-0.3, -0.25) is 4.79 Å². The van der Waals surface area contributed by atoms with Crippen LogP contribution in [-0.4, -0.2) is 61.4 Å². The number of nitrogens with zero attached hydrogens (tertiary/aromatic N) is 1. The van der Waals surface area contributed by atoms with Gasteiger partial charge in [-0.05, 0) is 32.7 Å². The van der Waals surface area contributed by atoms with Crippen LogP contribution >= 0.6 is 0 Å². The Morgan fingerprint density at radius 3 is 3.06 bits per heavy atom. The van der Waals surface area contributed by atoms with Crippen LogP contribution in [0, 0.1) is 5.92 Å². The highest BCUT2D eigenvalue weighted by Crippen LogP contribution is 2.26. The minimum atomic E-state index is -0.0373. The fourth-order valence-corrected chi connectivity index (χ4v) is 3.05. The zero-order valence-electron chi connectivity index (χ0n) is 11.1. The van der Waals surface area contributed by atoms with Gasteiger partial charge in [0.1, 0.15) is 0 Å². The Labute approximate surface area is 108 Å². The average molecular weight is 256 g/mol. The second-order valence-electron chi connectivity index (χ2n) is 5.23. The smallest absolute Gasteiger partial charge is 0.229 e. The molecule has 5 nitrogen and oxygen atoms in total. The first-order chi connectivity index (χ1) is 8.77. The molecule has 0 spiro atoms. The lowest BCUT2D eigenvalue weighted by molar-refractivity contribution is -0.137. The van der Waals surface area contributed by atoms with Gasteiger partial charge in [-0.25, -0.2) is 0 Å². The Morgan fingerprint density at radius 2 is 2.33 bits per heavy atom. The molecule has 3 atom stereocenters. The number of aliphatic hydroxyl groups excluding tert-OH is 1. The summed E-state index contributed by atoms with van der Waals surface area (Å²) in [5.74, 6) is 0.192. The van der Waals surface area contributed by atoms with Crippen LogP contribution in [0.25, 0.3) is 0 Å². The molecule has 0 radical (unpaired) electrons. The van der Waals surface area contributed by atoms with E-state index in [2.05, 4.69) is 5.32 Å². The summed E-state index contributed by atoms with van der Waals surface area (Å²) in [5.41, 5.74) is 0. The summed E-state index contributed by atoms with van der Waals surface area (Å²) in [5, 5.41) is 12.1. The molecule has 2 fully saturated rings. The summed E-state index contributed by atoms with van der Waals surface area (Å²) in [6.07, 6.45) is 3.86. The normalized spacial score (nSPS) is 32.1. The monoisotopic (exact) mass is 256 g/mol. The van der Waals surface area contributed by atoms with Crippen molar-refractivity contribution in [2.75, 3.05) is 33.4 Å². The van der Waals surface area contributed by atoms with E-state index in [0.29, 0.717) is 19.3 Å². The molecule has 2 heterocycles. The third kappa shape index (κ3) is 2.84. The van der Waals surface area contributed by atoms with Gasteiger partial charge in [0.05, 0.1) is 19.1 Å². The van der Waals surface area contributed by atoms with Gasteiger partial charge in [0, 0.05) is 25.2 Å². The average Bonchev–Trinajstić information content (AvgIpc) is 3.03. The van der Waals surface area contributed by atoms with Crippen LogP contribution in [-0.2, 0) is 9.53 Å². The molecule has 0 aromatic carbocycles. The largest absolute Gasteiger partial charge is 0.396 e. The van der Waals surface area contributed by atoms with Crippen molar-refractivity contribution in [1.82, 2.24) is 10.2 Å². The van der Waals surface area contributed by atoms with E-state index < -0.39 is 0 Å². The van der Waals surface area contributed by atoms with Crippen molar-refractivity contribution < 1.29 is 14.6 Å². The quantitative estimate of drug-likeness (QED) is 0.726. The predicted molar refractivity (Wildman–Crippen MR) is 68.2 cm³/mol. The van der Waals surface area contributed by atoms with Crippen LogP contribution < -0.4 is 5.32 Å². The van der Waals surface area contributed by atoms with Crippen LogP contribution in [0.2, 0.25) is 0 Å². The van der Waals surface area contributed by atoms with Crippen LogP contribution in [0.4, 0.5) is 0 Å². The summed E-state index contributed by atoms with van der Waals surface area (Å²) in [6.45, 7) is 2.24. The van der Waals surface area contributed by atoms with Gasteiger partial charge >= 0.3 is 0 Å². The minimum Gasteiger partial charge on any atom is -0.396 e. The summed E-state index contributed by atoms with van der Waals surface area (Å²) >= 11 is 0. The SMILES string of the molecule is CNC1COCC1C(=O)N1CCCC1CCCO. The van der Waals surface area contributed by atoms with E-state index in [1.165, 1.54) is 0 Å². The molecule has 0 aliphatic carbocycles. The van der Waals surface area contributed by atoms with Gasteiger partial charge < -0.3 is 20.1 Å². The summed E-state index contributed by atoms with van der Waals surface area (Å²) < 4.78 is 5.41. The van der Waals surface area contributed by atoms with Gasteiger partial charge in [-0.1, -0.05) is 0 Å². The maximum atomic E-state index is 12.5. The van der Waals surface area contributed by atoms with Crippen LogP contribution in [0.1, 0.15) is 25.7 Å². The van der Waals surface area contributed by atoms with Gasteiger partial charge in [-0.2, -0.15) is 0 Å². The maximum Gasteiger partial charge on any atom is 0.229 e. The number of ether oxygens (including phenoxy) is 1. The molecule has 5 heteroatoms. The van der Waals surface area contributed by atoms with Crippen molar-refractivity contribution in [2.24, 2.45) is 5.92 Å². The molecule has 0 bridgehead atoms. The first kappa shape index (κ1) is 13.8. The maximum absolute atomic E-state index is 12.5. The predicted octanol–water partition coefficient (Wildman–Crippen LogP) is -0.0157. The Bertz CT molecular complexity index is 285. The zero-order chi connectivity index (χ0) is 13.0. The van der Waals surface area contributed by atoms with E-state index in [9.17, 15) is 4.79 Å².